The molecule has 3 rings (SSSR count). The molecule has 0 saturated carbocycles. The standard InChI is InChI=1S/C20H22ClN5O4/c1-12(28-2)18-14(10-22-11-17(18)29-3)8-15(27)7-13-9-16(21)19(25-20(13)30-4)26-23-5-6-24-26/h5-6,9-12H,7-8H2,1-4H3/t12-/m1/s1. The molecule has 0 aromatic carbocycles. The molecule has 0 aliphatic rings. The first kappa shape index (κ1) is 21.7. The fraction of sp³-hybridized carbons (Fsp3) is 0.350. The Balaban J connectivity index is 1.86. The first-order valence-corrected chi connectivity index (χ1v) is 9.51. The van der Waals surface area contributed by atoms with Crippen molar-refractivity contribution in [1.82, 2.24) is 25.0 Å². The van der Waals surface area contributed by atoms with E-state index in [1.807, 2.05) is 6.92 Å². The summed E-state index contributed by atoms with van der Waals surface area (Å²) in [5, 5.41) is 8.36. The van der Waals surface area contributed by atoms with Gasteiger partial charge in [-0.15, -0.1) is 4.80 Å². The molecule has 0 N–H and O–H groups in total. The first-order chi connectivity index (χ1) is 14.5. The van der Waals surface area contributed by atoms with Crippen LogP contribution < -0.4 is 9.47 Å². The molecule has 1 atom stereocenters. The number of ether oxygens (including phenoxy) is 3. The molecule has 0 bridgehead atoms. The number of methoxy groups -OCH3 is 3. The number of aromatic nitrogens is 5. The molecule has 158 valence electrons. The molecule has 3 heterocycles. The van der Waals surface area contributed by atoms with E-state index in [0.717, 1.165) is 11.1 Å². The van der Waals surface area contributed by atoms with Crippen molar-refractivity contribution in [3.05, 3.63) is 52.6 Å². The van der Waals surface area contributed by atoms with Crippen LogP contribution in [0.25, 0.3) is 5.82 Å². The van der Waals surface area contributed by atoms with Gasteiger partial charge in [-0.05, 0) is 18.6 Å². The summed E-state index contributed by atoms with van der Waals surface area (Å²) in [7, 11) is 4.64. The number of hydrogen-bond acceptors (Lipinski definition) is 8. The van der Waals surface area contributed by atoms with Crippen molar-refractivity contribution < 1.29 is 19.0 Å². The predicted octanol–water partition coefficient (Wildman–Crippen LogP) is 2.79. The maximum Gasteiger partial charge on any atom is 0.218 e. The number of Topliss-reactive ketones (excluding diaryl/α,β-unsaturated/α-hetero) is 1. The Labute approximate surface area is 179 Å². The summed E-state index contributed by atoms with van der Waals surface area (Å²) in [4.78, 5) is 22.7. The number of carbonyl (C=O) groups is 1. The van der Waals surface area contributed by atoms with E-state index in [1.54, 1.807) is 32.7 Å². The largest absolute Gasteiger partial charge is 0.495 e. The van der Waals surface area contributed by atoms with Crippen molar-refractivity contribution in [2.75, 3.05) is 21.3 Å². The zero-order valence-electron chi connectivity index (χ0n) is 17.1. The van der Waals surface area contributed by atoms with Crippen LogP contribution in [0.15, 0.2) is 30.9 Å². The highest BCUT2D eigenvalue weighted by atomic mass is 35.5. The zero-order valence-corrected chi connectivity index (χ0v) is 17.9. The minimum absolute atomic E-state index is 0.0595. The van der Waals surface area contributed by atoms with Gasteiger partial charge in [0.15, 0.2) is 5.82 Å². The van der Waals surface area contributed by atoms with Crippen LogP contribution in [0.2, 0.25) is 5.02 Å². The highest BCUT2D eigenvalue weighted by Gasteiger charge is 2.21. The topological polar surface area (TPSA) is 101 Å². The molecule has 0 saturated heterocycles. The summed E-state index contributed by atoms with van der Waals surface area (Å²) >= 11 is 6.35. The lowest BCUT2D eigenvalue weighted by Crippen LogP contribution is -2.13. The van der Waals surface area contributed by atoms with Gasteiger partial charge in [0, 0.05) is 37.3 Å². The Kier molecular flexibility index (Phi) is 6.96. The normalized spacial score (nSPS) is 11.9. The van der Waals surface area contributed by atoms with Gasteiger partial charge in [0.05, 0.1) is 43.9 Å². The van der Waals surface area contributed by atoms with E-state index in [1.165, 1.54) is 24.3 Å². The van der Waals surface area contributed by atoms with Crippen LogP contribution in [-0.2, 0) is 22.4 Å². The first-order valence-electron chi connectivity index (χ1n) is 9.13. The maximum atomic E-state index is 12.9. The van der Waals surface area contributed by atoms with Crippen molar-refractivity contribution in [1.29, 1.82) is 0 Å². The average Bonchev–Trinajstić information content (AvgIpc) is 3.27. The number of ketones is 1. The SMILES string of the molecule is COc1cncc(CC(=O)Cc2cc(Cl)c(-n3nccn3)nc2OC)c1[C@@H](C)OC. The Hall–Kier alpha value is -3.04. The Bertz CT molecular complexity index is 1030. The lowest BCUT2D eigenvalue weighted by molar-refractivity contribution is -0.117. The van der Waals surface area contributed by atoms with Gasteiger partial charge < -0.3 is 14.2 Å². The fourth-order valence-corrected chi connectivity index (χ4v) is 3.38. The van der Waals surface area contributed by atoms with Gasteiger partial charge in [-0.1, -0.05) is 11.6 Å². The second-order valence-corrected chi connectivity index (χ2v) is 6.87. The second kappa shape index (κ2) is 9.64. The molecule has 0 radical (unpaired) electrons. The highest BCUT2D eigenvalue weighted by molar-refractivity contribution is 6.32. The minimum Gasteiger partial charge on any atom is -0.495 e. The van der Waals surface area contributed by atoms with E-state index in [4.69, 9.17) is 25.8 Å². The van der Waals surface area contributed by atoms with E-state index in [9.17, 15) is 4.79 Å². The van der Waals surface area contributed by atoms with Gasteiger partial charge >= 0.3 is 0 Å². The number of carbonyl (C=O) groups excluding carboxylic acids is 1. The van der Waals surface area contributed by atoms with Crippen molar-refractivity contribution in [3.8, 4) is 17.4 Å². The van der Waals surface area contributed by atoms with Crippen LogP contribution in [0.4, 0.5) is 0 Å². The zero-order chi connectivity index (χ0) is 21.7. The average molecular weight is 432 g/mol. The van der Waals surface area contributed by atoms with Crippen molar-refractivity contribution >= 4 is 17.4 Å². The third-order valence-corrected chi connectivity index (χ3v) is 4.87. The number of halogens is 1. The number of nitrogens with zero attached hydrogens (tertiary/aromatic N) is 5. The van der Waals surface area contributed by atoms with Gasteiger partial charge in [0.25, 0.3) is 0 Å². The monoisotopic (exact) mass is 431 g/mol. The van der Waals surface area contributed by atoms with Gasteiger partial charge in [0.2, 0.25) is 5.88 Å². The van der Waals surface area contributed by atoms with Gasteiger partial charge in [-0.3, -0.25) is 9.78 Å². The summed E-state index contributed by atoms with van der Waals surface area (Å²) < 4.78 is 16.2. The van der Waals surface area contributed by atoms with Crippen LogP contribution in [0.3, 0.4) is 0 Å². The molecule has 0 fully saturated rings. The molecule has 0 amide bonds. The van der Waals surface area contributed by atoms with Crippen molar-refractivity contribution in [3.63, 3.8) is 0 Å². The summed E-state index contributed by atoms with van der Waals surface area (Å²) in [5.74, 6) is 1.13. The summed E-state index contributed by atoms with van der Waals surface area (Å²) in [6, 6.07) is 1.65. The number of pyridine rings is 2. The Morgan fingerprint density at radius 1 is 1.10 bits per heavy atom. The molecular weight excluding hydrogens is 410 g/mol. The lowest BCUT2D eigenvalue weighted by Gasteiger charge is -2.18. The van der Waals surface area contributed by atoms with E-state index >= 15 is 0 Å². The van der Waals surface area contributed by atoms with Gasteiger partial charge in [-0.2, -0.15) is 15.2 Å². The highest BCUT2D eigenvalue weighted by Crippen LogP contribution is 2.31. The molecule has 3 aromatic rings. The Morgan fingerprint density at radius 3 is 2.43 bits per heavy atom. The van der Waals surface area contributed by atoms with Crippen LogP contribution in [0, 0.1) is 0 Å². The van der Waals surface area contributed by atoms with Crippen LogP contribution in [0.5, 0.6) is 11.6 Å². The smallest absolute Gasteiger partial charge is 0.218 e. The van der Waals surface area contributed by atoms with E-state index in [2.05, 4.69) is 20.2 Å². The van der Waals surface area contributed by atoms with Gasteiger partial charge in [-0.25, -0.2) is 0 Å². The molecule has 9 nitrogen and oxygen atoms in total. The molecule has 0 unspecified atom stereocenters. The molecule has 30 heavy (non-hydrogen) atoms. The van der Waals surface area contributed by atoms with Crippen molar-refractivity contribution in [2.45, 2.75) is 25.9 Å². The minimum atomic E-state index is -0.253. The van der Waals surface area contributed by atoms with E-state index < -0.39 is 0 Å². The Morgan fingerprint density at radius 2 is 1.80 bits per heavy atom. The molecular formula is C20H22ClN5O4. The third kappa shape index (κ3) is 4.58. The molecule has 0 aliphatic heterocycles. The molecule has 0 aliphatic carbocycles. The second-order valence-electron chi connectivity index (χ2n) is 6.47. The fourth-order valence-electron chi connectivity index (χ4n) is 3.13. The van der Waals surface area contributed by atoms with E-state index in [-0.39, 0.29) is 30.6 Å². The molecule has 10 heteroatoms. The van der Waals surface area contributed by atoms with Crippen LogP contribution >= 0.6 is 11.6 Å². The predicted molar refractivity (Wildman–Crippen MR) is 109 cm³/mol. The summed E-state index contributed by atoms with van der Waals surface area (Å²) in [5.41, 5.74) is 2.11. The molecule has 3 aromatic heterocycles. The lowest BCUT2D eigenvalue weighted by atomic mass is 9.97. The molecule has 0 spiro atoms. The van der Waals surface area contributed by atoms with Crippen molar-refractivity contribution in [2.24, 2.45) is 0 Å². The number of rotatable bonds is 9. The number of hydrogen-bond donors (Lipinski definition) is 0. The van der Waals surface area contributed by atoms with Crippen LogP contribution in [-0.4, -0.2) is 52.1 Å². The summed E-state index contributed by atoms with van der Waals surface area (Å²) in [6.45, 7) is 1.89. The van der Waals surface area contributed by atoms with Crippen LogP contribution in [0.1, 0.15) is 29.7 Å². The summed E-state index contributed by atoms with van der Waals surface area (Å²) in [6.07, 6.45) is 6.27. The third-order valence-electron chi connectivity index (χ3n) is 4.59. The quantitative estimate of drug-likeness (QED) is 0.509. The van der Waals surface area contributed by atoms with E-state index in [0.29, 0.717) is 22.2 Å². The van der Waals surface area contributed by atoms with Gasteiger partial charge in [0.1, 0.15) is 11.5 Å². The maximum absolute atomic E-state index is 12.9.